The molecule has 1 unspecified atom stereocenters. The fourth-order valence-corrected chi connectivity index (χ4v) is 4.31. The number of rotatable bonds is 5. The summed E-state index contributed by atoms with van der Waals surface area (Å²) < 4.78 is 5.48. The second-order valence-corrected chi connectivity index (χ2v) is 9.66. The zero-order chi connectivity index (χ0) is 26.0. The van der Waals surface area contributed by atoms with Crippen LogP contribution in [-0.2, 0) is 15.0 Å². The largest absolute Gasteiger partial charge is 0.507 e. The number of ketones is 1. The lowest BCUT2D eigenvalue weighted by atomic mass is 9.85. The van der Waals surface area contributed by atoms with Crippen molar-refractivity contribution in [3.05, 3.63) is 101 Å². The molecule has 1 atom stereocenters. The molecule has 0 bridgehead atoms. The second kappa shape index (κ2) is 9.71. The number of carbonyl (C=O) groups is 2. The Hall–Kier alpha value is -4.37. The second-order valence-electron chi connectivity index (χ2n) is 9.66. The van der Waals surface area contributed by atoms with Crippen LogP contribution in [0.25, 0.3) is 5.76 Å². The number of carbonyl (C=O) groups excluding carboxylic acids is 2. The first kappa shape index (κ1) is 24.7. The van der Waals surface area contributed by atoms with Crippen LogP contribution >= 0.6 is 0 Å². The molecule has 1 amide bonds. The summed E-state index contributed by atoms with van der Waals surface area (Å²) in [6.07, 6.45) is 0. The van der Waals surface area contributed by atoms with Gasteiger partial charge in [0.05, 0.1) is 29.9 Å². The molecule has 0 radical (unpaired) electrons. The topological polar surface area (TPSA) is 90.6 Å². The van der Waals surface area contributed by atoms with Crippen molar-refractivity contribution in [1.82, 2.24) is 0 Å². The van der Waals surface area contributed by atoms with Crippen LogP contribution in [0.4, 0.5) is 5.69 Å². The smallest absolute Gasteiger partial charge is 0.300 e. The van der Waals surface area contributed by atoms with E-state index in [-0.39, 0.29) is 16.7 Å². The van der Waals surface area contributed by atoms with Crippen molar-refractivity contribution in [2.75, 3.05) is 11.5 Å². The lowest BCUT2D eigenvalue weighted by Gasteiger charge is -2.26. The summed E-state index contributed by atoms with van der Waals surface area (Å²) in [6.45, 7) is 8.71. The number of ether oxygens (including phenoxy) is 1. The third-order valence-electron chi connectivity index (χ3n) is 6.25. The third-order valence-corrected chi connectivity index (χ3v) is 6.25. The van der Waals surface area contributed by atoms with Crippen LogP contribution < -0.4 is 9.64 Å². The quantitative estimate of drug-likeness (QED) is 0.280. The summed E-state index contributed by atoms with van der Waals surface area (Å²) >= 11 is 0. The van der Waals surface area contributed by atoms with Crippen LogP contribution in [-0.4, -0.2) is 23.4 Å². The summed E-state index contributed by atoms with van der Waals surface area (Å²) in [5, 5.41) is 20.5. The molecule has 6 heteroatoms. The Balaban J connectivity index is 1.88. The number of benzene rings is 3. The van der Waals surface area contributed by atoms with Crippen molar-refractivity contribution in [2.45, 2.75) is 39.2 Å². The minimum Gasteiger partial charge on any atom is -0.507 e. The van der Waals surface area contributed by atoms with Gasteiger partial charge in [0.15, 0.2) is 0 Å². The summed E-state index contributed by atoms with van der Waals surface area (Å²) in [6, 6.07) is 22.2. The molecule has 0 spiro atoms. The summed E-state index contributed by atoms with van der Waals surface area (Å²) in [7, 11) is 0. The first-order valence-electron chi connectivity index (χ1n) is 11.8. The third kappa shape index (κ3) is 4.60. The highest BCUT2D eigenvalue weighted by atomic mass is 16.5. The average molecular weight is 481 g/mol. The van der Waals surface area contributed by atoms with E-state index in [1.807, 2.05) is 31.2 Å². The maximum absolute atomic E-state index is 13.3. The van der Waals surface area contributed by atoms with Crippen LogP contribution in [0.15, 0.2) is 78.4 Å². The molecule has 1 heterocycles. The Kier molecular flexibility index (Phi) is 6.67. The number of aliphatic hydroxyl groups excluding tert-OH is 1. The van der Waals surface area contributed by atoms with Gasteiger partial charge in [0.2, 0.25) is 0 Å². The molecule has 1 N–H and O–H groups in total. The van der Waals surface area contributed by atoms with Gasteiger partial charge in [-0.1, -0.05) is 45.0 Å². The van der Waals surface area contributed by atoms with Gasteiger partial charge in [-0.3, -0.25) is 14.5 Å². The van der Waals surface area contributed by atoms with E-state index >= 15 is 0 Å². The van der Waals surface area contributed by atoms with Gasteiger partial charge in [-0.05, 0) is 72.0 Å². The predicted octanol–water partition coefficient (Wildman–Crippen LogP) is 5.88. The maximum Gasteiger partial charge on any atom is 0.300 e. The Bertz CT molecular complexity index is 1360. The van der Waals surface area contributed by atoms with Crippen molar-refractivity contribution in [3.8, 4) is 11.8 Å². The number of hydrogen-bond donors (Lipinski definition) is 1. The summed E-state index contributed by atoms with van der Waals surface area (Å²) in [5.74, 6) is -1.12. The van der Waals surface area contributed by atoms with Gasteiger partial charge in [0, 0.05) is 11.3 Å². The standard InChI is InChI=1S/C30H28N2O4/c1-5-36-24-16-10-21(11-17-24)27(33)25-26(20-8-12-22(13-9-20)30(2,3)4)32(29(35)28(25)34)23-14-6-19(18-31)7-15-23/h6-17,26,33H,5H2,1-4H3/b27-25-. The minimum atomic E-state index is -0.835. The Morgan fingerprint density at radius 2 is 1.58 bits per heavy atom. The predicted molar refractivity (Wildman–Crippen MR) is 139 cm³/mol. The van der Waals surface area contributed by atoms with E-state index in [9.17, 15) is 14.7 Å². The molecule has 0 aliphatic carbocycles. The van der Waals surface area contributed by atoms with E-state index in [1.165, 1.54) is 4.90 Å². The zero-order valence-corrected chi connectivity index (χ0v) is 20.8. The van der Waals surface area contributed by atoms with Crippen LogP contribution in [0.1, 0.15) is 56.0 Å². The number of hydrogen-bond acceptors (Lipinski definition) is 5. The number of anilines is 1. The van der Waals surface area contributed by atoms with Crippen molar-refractivity contribution < 1.29 is 19.4 Å². The van der Waals surface area contributed by atoms with Gasteiger partial charge in [0.25, 0.3) is 11.7 Å². The zero-order valence-electron chi connectivity index (χ0n) is 20.8. The fraction of sp³-hybridized carbons (Fsp3) is 0.233. The fourth-order valence-electron chi connectivity index (χ4n) is 4.31. The molecule has 0 saturated carbocycles. The Labute approximate surface area is 211 Å². The number of aliphatic hydroxyl groups is 1. The molecular formula is C30H28N2O4. The van der Waals surface area contributed by atoms with Gasteiger partial charge in [-0.25, -0.2) is 0 Å². The van der Waals surface area contributed by atoms with Crippen LogP contribution in [0, 0.1) is 11.3 Å². The van der Waals surface area contributed by atoms with Crippen LogP contribution in [0.3, 0.4) is 0 Å². The van der Waals surface area contributed by atoms with Gasteiger partial charge < -0.3 is 9.84 Å². The molecule has 1 saturated heterocycles. The average Bonchev–Trinajstić information content (AvgIpc) is 3.14. The number of nitrogens with zero attached hydrogens (tertiary/aromatic N) is 2. The van der Waals surface area contributed by atoms with Crippen molar-refractivity contribution >= 4 is 23.1 Å². The SMILES string of the molecule is CCOc1ccc(/C(O)=C2/C(=O)C(=O)N(c3ccc(C#N)cc3)C2c2ccc(C(C)(C)C)cc2)cc1. The van der Waals surface area contributed by atoms with Gasteiger partial charge in [-0.15, -0.1) is 0 Å². The van der Waals surface area contributed by atoms with Gasteiger partial charge in [-0.2, -0.15) is 5.26 Å². The highest BCUT2D eigenvalue weighted by Crippen LogP contribution is 2.42. The van der Waals surface area contributed by atoms with E-state index in [0.717, 1.165) is 5.56 Å². The molecular weight excluding hydrogens is 452 g/mol. The van der Waals surface area contributed by atoms with Gasteiger partial charge >= 0.3 is 0 Å². The summed E-state index contributed by atoms with van der Waals surface area (Å²) in [5.41, 5.74) is 3.05. The summed E-state index contributed by atoms with van der Waals surface area (Å²) in [4.78, 5) is 28.0. The van der Waals surface area contributed by atoms with Gasteiger partial charge in [0.1, 0.15) is 11.5 Å². The Morgan fingerprint density at radius 1 is 0.972 bits per heavy atom. The first-order valence-corrected chi connectivity index (χ1v) is 11.8. The lowest BCUT2D eigenvalue weighted by Crippen LogP contribution is -2.29. The van der Waals surface area contributed by atoms with E-state index in [0.29, 0.717) is 34.7 Å². The van der Waals surface area contributed by atoms with E-state index in [2.05, 4.69) is 26.8 Å². The van der Waals surface area contributed by atoms with Crippen LogP contribution in [0.5, 0.6) is 5.75 Å². The molecule has 3 aromatic carbocycles. The highest BCUT2D eigenvalue weighted by molar-refractivity contribution is 6.51. The molecule has 4 rings (SSSR count). The van der Waals surface area contributed by atoms with Crippen LogP contribution in [0.2, 0.25) is 0 Å². The van der Waals surface area contributed by atoms with E-state index < -0.39 is 17.7 Å². The molecule has 0 aromatic heterocycles. The normalized spacial score (nSPS) is 17.2. The number of amides is 1. The first-order chi connectivity index (χ1) is 17.2. The van der Waals surface area contributed by atoms with Crippen molar-refractivity contribution in [3.63, 3.8) is 0 Å². The lowest BCUT2D eigenvalue weighted by molar-refractivity contribution is -0.132. The molecule has 36 heavy (non-hydrogen) atoms. The molecule has 6 nitrogen and oxygen atoms in total. The van der Waals surface area contributed by atoms with Crippen molar-refractivity contribution in [1.29, 1.82) is 5.26 Å². The van der Waals surface area contributed by atoms with Crippen molar-refractivity contribution in [2.24, 2.45) is 0 Å². The number of nitriles is 1. The van der Waals surface area contributed by atoms with E-state index in [1.54, 1.807) is 48.5 Å². The molecule has 3 aromatic rings. The molecule has 182 valence electrons. The minimum absolute atomic E-state index is 0.0111. The molecule has 1 aliphatic heterocycles. The highest BCUT2D eigenvalue weighted by Gasteiger charge is 2.47. The molecule has 1 aliphatic rings. The molecule has 1 fully saturated rings. The Morgan fingerprint density at radius 3 is 2.11 bits per heavy atom. The monoisotopic (exact) mass is 480 g/mol. The maximum atomic E-state index is 13.3. The number of Topliss-reactive ketones (excluding diaryl/α,β-unsaturated/α-hetero) is 1. The van der Waals surface area contributed by atoms with E-state index in [4.69, 9.17) is 10.00 Å².